The average molecular weight is 243 g/mol. The maximum absolute atomic E-state index is 11.4. The van der Waals surface area contributed by atoms with Crippen LogP contribution in [0.4, 0.5) is 4.79 Å². The van der Waals surface area contributed by atoms with Crippen molar-refractivity contribution in [3.8, 4) is 0 Å². The number of rotatable bonds is 5. The molecule has 17 heavy (non-hydrogen) atoms. The van der Waals surface area contributed by atoms with Gasteiger partial charge in [0.05, 0.1) is 6.42 Å². The molecule has 0 radical (unpaired) electrons. The molecule has 1 fully saturated rings. The standard InChI is InChI=1S/C10H17N3O4/c1-5-2-6(3-5)12-10(17)13-7(9(15)16)4-8(11)14/h5-7H,2-4H2,1H3,(H2,11,14)(H,15,16)(H2,12,13,17)/t5?,6?,7-/m0/s1. The van der Waals surface area contributed by atoms with Gasteiger partial charge < -0.3 is 21.5 Å². The molecule has 96 valence electrons. The van der Waals surface area contributed by atoms with Crippen molar-refractivity contribution in [1.82, 2.24) is 10.6 Å². The van der Waals surface area contributed by atoms with Gasteiger partial charge in [-0.2, -0.15) is 0 Å². The molecule has 1 rings (SSSR count). The van der Waals surface area contributed by atoms with E-state index in [1.165, 1.54) is 0 Å². The van der Waals surface area contributed by atoms with Gasteiger partial charge in [0.2, 0.25) is 5.91 Å². The van der Waals surface area contributed by atoms with Gasteiger partial charge in [-0.15, -0.1) is 0 Å². The molecule has 7 heteroatoms. The summed E-state index contributed by atoms with van der Waals surface area (Å²) >= 11 is 0. The molecule has 0 aromatic carbocycles. The third kappa shape index (κ3) is 4.29. The summed E-state index contributed by atoms with van der Waals surface area (Å²) in [6.45, 7) is 2.07. The number of urea groups is 1. The summed E-state index contributed by atoms with van der Waals surface area (Å²) in [5, 5.41) is 13.6. The van der Waals surface area contributed by atoms with Crippen molar-refractivity contribution in [3.05, 3.63) is 0 Å². The zero-order valence-corrected chi connectivity index (χ0v) is 9.60. The minimum atomic E-state index is -1.28. The smallest absolute Gasteiger partial charge is 0.326 e. The van der Waals surface area contributed by atoms with Crippen LogP contribution >= 0.6 is 0 Å². The van der Waals surface area contributed by atoms with Crippen LogP contribution in [-0.2, 0) is 9.59 Å². The number of nitrogens with two attached hydrogens (primary N) is 1. The second-order valence-corrected chi connectivity index (χ2v) is 4.45. The predicted octanol–water partition coefficient (Wildman–Crippen LogP) is -0.587. The van der Waals surface area contributed by atoms with Crippen molar-refractivity contribution < 1.29 is 19.5 Å². The highest BCUT2D eigenvalue weighted by Gasteiger charge is 2.28. The van der Waals surface area contributed by atoms with Crippen molar-refractivity contribution in [1.29, 1.82) is 0 Å². The Labute approximate surface area is 98.7 Å². The van der Waals surface area contributed by atoms with Gasteiger partial charge in [0.25, 0.3) is 0 Å². The van der Waals surface area contributed by atoms with Crippen LogP contribution in [0.15, 0.2) is 0 Å². The van der Waals surface area contributed by atoms with E-state index in [1.54, 1.807) is 0 Å². The van der Waals surface area contributed by atoms with Crippen LogP contribution in [0.25, 0.3) is 0 Å². The van der Waals surface area contributed by atoms with Crippen molar-refractivity contribution in [2.45, 2.75) is 38.3 Å². The molecule has 0 bridgehead atoms. The zero-order valence-electron chi connectivity index (χ0n) is 9.60. The monoisotopic (exact) mass is 243 g/mol. The van der Waals surface area contributed by atoms with Crippen molar-refractivity contribution in [2.24, 2.45) is 11.7 Å². The van der Waals surface area contributed by atoms with Crippen molar-refractivity contribution in [3.63, 3.8) is 0 Å². The Morgan fingerprint density at radius 2 is 2.00 bits per heavy atom. The molecule has 1 aliphatic carbocycles. The van der Waals surface area contributed by atoms with E-state index in [9.17, 15) is 14.4 Å². The molecule has 0 aromatic rings. The number of carbonyl (C=O) groups excluding carboxylic acids is 2. The topological polar surface area (TPSA) is 122 Å². The maximum atomic E-state index is 11.4. The van der Waals surface area contributed by atoms with E-state index in [0.717, 1.165) is 12.8 Å². The Balaban J connectivity index is 2.36. The molecule has 5 N–H and O–H groups in total. The van der Waals surface area contributed by atoms with E-state index in [2.05, 4.69) is 17.6 Å². The SMILES string of the molecule is CC1CC(NC(=O)N[C@@H](CC(N)=O)C(=O)O)C1. The summed E-state index contributed by atoms with van der Waals surface area (Å²) in [7, 11) is 0. The normalized spacial score (nSPS) is 24.3. The van der Waals surface area contributed by atoms with E-state index in [1.807, 2.05) is 0 Å². The van der Waals surface area contributed by atoms with Crippen LogP contribution in [0.5, 0.6) is 0 Å². The summed E-state index contributed by atoms with van der Waals surface area (Å²) in [6.07, 6.45) is 1.37. The number of nitrogens with one attached hydrogen (secondary N) is 2. The van der Waals surface area contributed by atoms with Crippen LogP contribution in [0.2, 0.25) is 0 Å². The Morgan fingerprint density at radius 1 is 1.41 bits per heavy atom. The lowest BCUT2D eigenvalue weighted by atomic mass is 9.82. The number of hydrogen-bond acceptors (Lipinski definition) is 3. The summed E-state index contributed by atoms with van der Waals surface area (Å²) in [5.74, 6) is -1.46. The predicted molar refractivity (Wildman–Crippen MR) is 59.1 cm³/mol. The Morgan fingerprint density at radius 3 is 2.41 bits per heavy atom. The van der Waals surface area contributed by atoms with Gasteiger partial charge in [-0.25, -0.2) is 9.59 Å². The first-order chi connectivity index (χ1) is 7.88. The first kappa shape index (κ1) is 13.3. The molecule has 1 saturated carbocycles. The lowest BCUT2D eigenvalue weighted by Gasteiger charge is -2.33. The number of carboxylic acid groups (broad SMARTS) is 1. The molecular formula is C10H17N3O4. The molecule has 0 saturated heterocycles. The van der Waals surface area contributed by atoms with Gasteiger partial charge in [0.15, 0.2) is 0 Å². The number of aliphatic carboxylic acids is 1. The molecule has 1 aliphatic rings. The van der Waals surface area contributed by atoms with Crippen LogP contribution in [0.1, 0.15) is 26.2 Å². The quantitative estimate of drug-likeness (QED) is 0.515. The third-order valence-corrected chi connectivity index (χ3v) is 2.72. The summed E-state index contributed by atoms with van der Waals surface area (Å²) in [4.78, 5) is 32.8. The fourth-order valence-electron chi connectivity index (χ4n) is 1.81. The van der Waals surface area contributed by atoms with Gasteiger partial charge in [0, 0.05) is 6.04 Å². The van der Waals surface area contributed by atoms with Crippen molar-refractivity contribution in [2.75, 3.05) is 0 Å². The maximum Gasteiger partial charge on any atom is 0.326 e. The fraction of sp³-hybridized carbons (Fsp3) is 0.700. The minimum absolute atomic E-state index is 0.0908. The molecule has 0 unspecified atom stereocenters. The van der Waals surface area contributed by atoms with Crippen LogP contribution < -0.4 is 16.4 Å². The van der Waals surface area contributed by atoms with E-state index in [-0.39, 0.29) is 6.04 Å². The molecule has 3 amide bonds. The highest BCUT2D eigenvalue weighted by Crippen LogP contribution is 2.25. The number of amides is 3. The van der Waals surface area contributed by atoms with Gasteiger partial charge in [0.1, 0.15) is 6.04 Å². The highest BCUT2D eigenvalue weighted by atomic mass is 16.4. The first-order valence-corrected chi connectivity index (χ1v) is 5.46. The zero-order chi connectivity index (χ0) is 13.0. The molecule has 1 atom stereocenters. The number of primary amides is 1. The Kier molecular flexibility index (Phi) is 4.30. The molecule has 0 aliphatic heterocycles. The van der Waals surface area contributed by atoms with E-state index in [0.29, 0.717) is 5.92 Å². The van der Waals surface area contributed by atoms with E-state index < -0.39 is 30.4 Å². The molecule has 0 heterocycles. The molecule has 0 spiro atoms. The van der Waals surface area contributed by atoms with Crippen LogP contribution in [-0.4, -0.2) is 35.1 Å². The van der Waals surface area contributed by atoms with Gasteiger partial charge in [-0.1, -0.05) is 6.92 Å². The Bertz CT molecular complexity index is 326. The first-order valence-electron chi connectivity index (χ1n) is 5.46. The lowest BCUT2D eigenvalue weighted by molar-refractivity contribution is -0.140. The lowest BCUT2D eigenvalue weighted by Crippen LogP contribution is -2.52. The summed E-state index contributed by atoms with van der Waals surface area (Å²) in [5.41, 5.74) is 4.89. The van der Waals surface area contributed by atoms with Gasteiger partial charge in [-0.05, 0) is 18.8 Å². The second-order valence-electron chi connectivity index (χ2n) is 4.45. The van der Waals surface area contributed by atoms with E-state index in [4.69, 9.17) is 10.8 Å². The summed E-state index contributed by atoms with van der Waals surface area (Å²) in [6, 6.07) is -1.76. The minimum Gasteiger partial charge on any atom is -0.480 e. The van der Waals surface area contributed by atoms with Gasteiger partial charge >= 0.3 is 12.0 Å². The fourth-order valence-corrected chi connectivity index (χ4v) is 1.81. The third-order valence-electron chi connectivity index (χ3n) is 2.72. The van der Waals surface area contributed by atoms with Crippen molar-refractivity contribution >= 4 is 17.9 Å². The largest absolute Gasteiger partial charge is 0.480 e. The Hall–Kier alpha value is -1.79. The molecular weight excluding hydrogens is 226 g/mol. The van der Waals surface area contributed by atoms with E-state index >= 15 is 0 Å². The molecule has 7 nitrogen and oxygen atoms in total. The average Bonchev–Trinajstić information content (AvgIpc) is 2.13. The van der Waals surface area contributed by atoms with Crippen LogP contribution in [0.3, 0.4) is 0 Å². The van der Waals surface area contributed by atoms with Crippen LogP contribution in [0, 0.1) is 5.92 Å². The summed E-state index contributed by atoms with van der Waals surface area (Å²) < 4.78 is 0. The van der Waals surface area contributed by atoms with Gasteiger partial charge in [-0.3, -0.25) is 4.79 Å². The highest BCUT2D eigenvalue weighted by molar-refractivity contribution is 5.87. The number of carbonyl (C=O) groups is 3. The number of carboxylic acids is 1. The second kappa shape index (κ2) is 5.51. The number of hydrogen-bond donors (Lipinski definition) is 4. The molecule has 0 aromatic heterocycles.